The van der Waals surface area contributed by atoms with Crippen LogP contribution in [0.25, 0.3) is 0 Å². The Balaban J connectivity index is 2.10. The number of thiophene rings is 1. The number of aryl methyl sites for hydroxylation is 1. The van der Waals surface area contributed by atoms with Crippen molar-refractivity contribution in [2.45, 2.75) is 18.9 Å². The van der Waals surface area contributed by atoms with E-state index in [0.29, 0.717) is 10.0 Å². The molecule has 0 amide bonds. The van der Waals surface area contributed by atoms with E-state index in [4.69, 9.17) is 29.0 Å². The monoisotopic (exact) mass is 300 g/mol. The fraction of sp³-hybridized carbons (Fsp3) is 0.231. The first-order chi connectivity index (χ1) is 8.72. The normalized spacial score (nSPS) is 12.6. The molecule has 0 saturated carbocycles. The summed E-state index contributed by atoms with van der Waals surface area (Å²) in [6.07, 6.45) is 1.85. The standard InChI is InChI=1S/C13H14Cl2N2S/c14-11-5-1-4-10(13(11)15)12(17-16)7-6-9-3-2-8-18-9/h1-5,8,12,17H,6-7,16H2. The lowest BCUT2D eigenvalue weighted by molar-refractivity contribution is 0.518. The maximum Gasteiger partial charge on any atom is 0.0640 e. The quantitative estimate of drug-likeness (QED) is 0.642. The average Bonchev–Trinajstić information content (AvgIpc) is 2.88. The van der Waals surface area contributed by atoms with E-state index in [1.54, 1.807) is 17.4 Å². The number of hydrazine groups is 1. The van der Waals surface area contributed by atoms with Crippen LogP contribution in [-0.2, 0) is 6.42 Å². The predicted octanol–water partition coefficient (Wildman–Crippen LogP) is 4.19. The molecule has 0 radical (unpaired) electrons. The molecule has 0 bridgehead atoms. The van der Waals surface area contributed by atoms with Gasteiger partial charge in [-0.1, -0.05) is 41.4 Å². The van der Waals surface area contributed by atoms with Crippen molar-refractivity contribution in [1.82, 2.24) is 5.43 Å². The van der Waals surface area contributed by atoms with Crippen molar-refractivity contribution in [1.29, 1.82) is 0 Å². The Labute approximate surface area is 121 Å². The summed E-state index contributed by atoms with van der Waals surface area (Å²) in [6, 6.07) is 9.81. The van der Waals surface area contributed by atoms with E-state index in [1.807, 2.05) is 12.1 Å². The van der Waals surface area contributed by atoms with Crippen LogP contribution >= 0.6 is 34.5 Å². The summed E-state index contributed by atoms with van der Waals surface area (Å²) >= 11 is 14.0. The molecule has 0 saturated heterocycles. The zero-order valence-electron chi connectivity index (χ0n) is 9.70. The zero-order chi connectivity index (χ0) is 13.0. The number of hydrogen-bond donors (Lipinski definition) is 2. The van der Waals surface area contributed by atoms with Crippen LogP contribution in [0.5, 0.6) is 0 Å². The maximum atomic E-state index is 6.20. The highest BCUT2D eigenvalue weighted by Crippen LogP contribution is 2.31. The van der Waals surface area contributed by atoms with Gasteiger partial charge >= 0.3 is 0 Å². The molecule has 1 aromatic heterocycles. The summed E-state index contributed by atoms with van der Waals surface area (Å²) in [6.45, 7) is 0. The Hall–Kier alpha value is -0.580. The second-order valence-corrected chi connectivity index (χ2v) is 5.80. The second kappa shape index (κ2) is 6.55. The van der Waals surface area contributed by atoms with Gasteiger partial charge in [0.2, 0.25) is 0 Å². The third-order valence-electron chi connectivity index (χ3n) is 2.82. The van der Waals surface area contributed by atoms with E-state index in [0.717, 1.165) is 18.4 Å². The molecule has 2 nitrogen and oxygen atoms in total. The molecular formula is C13H14Cl2N2S. The minimum atomic E-state index is 0.0123. The van der Waals surface area contributed by atoms with Gasteiger partial charge in [-0.05, 0) is 35.9 Å². The van der Waals surface area contributed by atoms with Gasteiger partial charge in [-0.15, -0.1) is 11.3 Å². The van der Waals surface area contributed by atoms with Crippen LogP contribution < -0.4 is 11.3 Å². The first kappa shape index (κ1) is 13.8. The summed E-state index contributed by atoms with van der Waals surface area (Å²) in [7, 11) is 0. The Bertz CT molecular complexity index is 500. The Morgan fingerprint density at radius 1 is 1.22 bits per heavy atom. The third kappa shape index (κ3) is 3.25. The van der Waals surface area contributed by atoms with Gasteiger partial charge in [-0.3, -0.25) is 11.3 Å². The van der Waals surface area contributed by atoms with Gasteiger partial charge in [0.15, 0.2) is 0 Å². The molecule has 0 aliphatic rings. The molecule has 0 aliphatic carbocycles. The van der Waals surface area contributed by atoms with Gasteiger partial charge in [-0.25, -0.2) is 0 Å². The van der Waals surface area contributed by atoms with Crippen LogP contribution in [0.15, 0.2) is 35.7 Å². The topological polar surface area (TPSA) is 38.0 Å². The van der Waals surface area contributed by atoms with Gasteiger partial charge in [0.25, 0.3) is 0 Å². The lowest BCUT2D eigenvalue weighted by Crippen LogP contribution is -2.28. The fourth-order valence-electron chi connectivity index (χ4n) is 1.86. The van der Waals surface area contributed by atoms with Crippen molar-refractivity contribution >= 4 is 34.5 Å². The van der Waals surface area contributed by atoms with Crippen LogP contribution in [-0.4, -0.2) is 0 Å². The van der Waals surface area contributed by atoms with Crippen molar-refractivity contribution in [2.75, 3.05) is 0 Å². The predicted molar refractivity (Wildman–Crippen MR) is 79.2 cm³/mol. The number of benzene rings is 1. The Morgan fingerprint density at radius 2 is 2.06 bits per heavy atom. The largest absolute Gasteiger partial charge is 0.271 e. The van der Waals surface area contributed by atoms with Gasteiger partial charge in [0.1, 0.15) is 0 Å². The minimum absolute atomic E-state index is 0.0123. The van der Waals surface area contributed by atoms with Crippen LogP contribution in [0.3, 0.4) is 0 Å². The SMILES string of the molecule is NNC(CCc1cccs1)c1cccc(Cl)c1Cl. The Morgan fingerprint density at radius 3 is 2.72 bits per heavy atom. The van der Waals surface area contributed by atoms with Crippen LogP contribution in [0, 0.1) is 0 Å². The molecule has 0 spiro atoms. The van der Waals surface area contributed by atoms with E-state index >= 15 is 0 Å². The summed E-state index contributed by atoms with van der Waals surface area (Å²) < 4.78 is 0. The first-order valence-corrected chi connectivity index (χ1v) is 7.28. The van der Waals surface area contributed by atoms with Crippen LogP contribution in [0.4, 0.5) is 0 Å². The molecule has 1 heterocycles. The van der Waals surface area contributed by atoms with Gasteiger partial charge in [0.05, 0.1) is 10.0 Å². The summed E-state index contributed by atoms with van der Waals surface area (Å²) in [5, 5.41) is 3.21. The highest BCUT2D eigenvalue weighted by atomic mass is 35.5. The van der Waals surface area contributed by atoms with Crippen molar-refractivity contribution in [2.24, 2.45) is 5.84 Å². The van der Waals surface area contributed by atoms with E-state index in [9.17, 15) is 0 Å². The third-order valence-corrected chi connectivity index (χ3v) is 4.59. The lowest BCUT2D eigenvalue weighted by atomic mass is 10.0. The highest BCUT2D eigenvalue weighted by Gasteiger charge is 2.15. The molecule has 1 unspecified atom stereocenters. The van der Waals surface area contributed by atoms with Crippen LogP contribution in [0.1, 0.15) is 22.9 Å². The van der Waals surface area contributed by atoms with E-state index in [-0.39, 0.29) is 6.04 Å². The molecule has 1 atom stereocenters. The molecule has 96 valence electrons. The molecule has 5 heteroatoms. The highest BCUT2D eigenvalue weighted by molar-refractivity contribution is 7.09. The number of nitrogens with one attached hydrogen (secondary N) is 1. The van der Waals surface area contributed by atoms with E-state index in [1.165, 1.54) is 4.88 Å². The molecule has 0 aliphatic heterocycles. The van der Waals surface area contributed by atoms with Gasteiger partial charge in [0, 0.05) is 10.9 Å². The summed E-state index contributed by atoms with van der Waals surface area (Å²) in [5.74, 6) is 5.61. The molecule has 1 aromatic carbocycles. The maximum absolute atomic E-state index is 6.20. The van der Waals surface area contributed by atoms with Crippen molar-refractivity contribution in [3.63, 3.8) is 0 Å². The molecular weight excluding hydrogens is 287 g/mol. The molecule has 2 aromatic rings. The zero-order valence-corrected chi connectivity index (χ0v) is 12.0. The fourth-order valence-corrected chi connectivity index (χ4v) is 3.02. The average molecular weight is 301 g/mol. The molecule has 2 rings (SSSR count). The molecule has 3 N–H and O–H groups in total. The van der Waals surface area contributed by atoms with Gasteiger partial charge < -0.3 is 0 Å². The number of rotatable bonds is 5. The lowest BCUT2D eigenvalue weighted by Gasteiger charge is -2.17. The minimum Gasteiger partial charge on any atom is -0.271 e. The molecule has 0 fully saturated rings. The van der Waals surface area contributed by atoms with Crippen LogP contribution in [0.2, 0.25) is 10.0 Å². The number of nitrogens with two attached hydrogens (primary N) is 1. The van der Waals surface area contributed by atoms with Crippen molar-refractivity contribution < 1.29 is 0 Å². The number of halogens is 2. The smallest absolute Gasteiger partial charge is 0.0640 e. The van der Waals surface area contributed by atoms with Crippen molar-refractivity contribution in [3.8, 4) is 0 Å². The Kier molecular flexibility index (Phi) is 5.03. The van der Waals surface area contributed by atoms with Crippen molar-refractivity contribution in [3.05, 3.63) is 56.2 Å². The second-order valence-electron chi connectivity index (χ2n) is 3.98. The molecule has 18 heavy (non-hydrogen) atoms. The van der Waals surface area contributed by atoms with E-state index in [2.05, 4.69) is 22.9 Å². The first-order valence-electron chi connectivity index (χ1n) is 5.64. The van der Waals surface area contributed by atoms with E-state index < -0.39 is 0 Å². The number of hydrogen-bond acceptors (Lipinski definition) is 3. The van der Waals surface area contributed by atoms with Gasteiger partial charge in [-0.2, -0.15) is 0 Å². The summed E-state index contributed by atoms with van der Waals surface area (Å²) in [4.78, 5) is 1.34. The summed E-state index contributed by atoms with van der Waals surface area (Å²) in [5.41, 5.74) is 3.76.